The Labute approximate surface area is 128 Å². The molecule has 1 rings (SSSR count). The summed E-state index contributed by atoms with van der Waals surface area (Å²) < 4.78 is 28.9. The van der Waals surface area contributed by atoms with E-state index in [2.05, 4.69) is 19.2 Å². The van der Waals surface area contributed by atoms with Gasteiger partial charge in [0.15, 0.2) is 9.84 Å². The zero-order chi connectivity index (χ0) is 15.9. The van der Waals surface area contributed by atoms with Gasteiger partial charge in [-0.05, 0) is 44.5 Å². The van der Waals surface area contributed by atoms with Crippen molar-refractivity contribution in [2.75, 3.05) is 18.9 Å². The van der Waals surface area contributed by atoms with Gasteiger partial charge in [-0.3, -0.25) is 0 Å². The van der Waals surface area contributed by atoms with Crippen molar-refractivity contribution < 1.29 is 13.2 Å². The average Bonchev–Trinajstić information content (AvgIpc) is 2.45. The fourth-order valence-electron chi connectivity index (χ4n) is 2.05. The summed E-state index contributed by atoms with van der Waals surface area (Å²) in [5.41, 5.74) is 1.22. The van der Waals surface area contributed by atoms with Gasteiger partial charge < -0.3 is 10.1 Å². The number of rotatable bonds is 9. The van der Waals surface area contributed by atoms with Gasteiger partial charge in [-0.15, -0.1) is 0 Å². The van der Waals surface area contributed by atoms with E-state index in [9.17, 15) is 8.42 Å². The van der Waals surface area contributed by atoms with Crippen LogP contribution < -0.4 is 10.1 Å². The largest absolute Gasteiger partial charge is 0.493 e. The summed E-state index contributed by atoms with van der Waals surface area (Å²) in [6.07, 6.45) is 1.03. The van der Waals surface area contributed by atoms with Crippen LogP contribution in [-0.4, -0.2) is 32.6 Å². The second kappa shape index (κ2) is 8.39. The van der Waals surface area contributed by atoms with Crippen molar-refractivity contribution in [3.05, 3.63) is 29.8 Å². The smallest absolute Gasteiger partial charge is 0.155 e. The molecule has 4 nitrogen and oxygen atoms in total. The molecule has 0 saturated heterocycles. The average molecular weight is 313 g/mol. The number of hydrogen-bond acceptors (Lipinski definition) is 4. The quantitative estimate of drug-likeness (QED) is 0.761. The minimum atomic E-state index is -3.04. The molecule has 0 amide bonds. The van der Waals surface area contributed by atoms with Gasteiger partial charge in [0.2, 0.25) is 0 Å². The first-order chi connectivity index (χ1) is 9.90. The second-order valence-electron chi connectivity index (χ2n) is 5.35. The van der Waals surface area contributed by atoms with Crippen molar-refractivity contribution >= 4 is 9.84 Å². The van der Waals surface area contributed by atoms with Crippen LogP contribution in [0.3, 0.4) is 0 Å². The van der Waals surface area contributed by atoms with Crippen LogP contribution in [0, 0.1) is 0 Å². The monoisotopic (exact) mass is 313 g/mol. The molecule has 0 heterocycles. The molecule has 0 saturated carbocycles. The van der Waals surface area contributed by atoms with E-state index >= 15 is 0 Å². The van der Waals surface area contributed by atoms with Crippen LogP contribution >= 0.6 is 0 Å². The van der Waals surface area contributed by atoms with Crippen LogP contribution in [0.1, 0.15) is 45.7 Å². The molecule has 1 aromatic rings. The number of ether oxygens (including phenoxy) is 1. The van der Waals surface area contributed by atoms with Gasteiger partial charge in [-0.25, -0.2) is 8.42 Å². The maximum absolute atomic E-state index is 11.7. The molecule has 0 spiro atoms. The normalized spacial score (nSPS) is 13.4. The fraction of sp³-hybridized carbons (Fsp3) is 0.625. The highest BCUT2D eigenvalue weighted by molar-refractivity contribution is 7.91. The molecular weight excluding hydrogens is 286 g/mol. The molecule has 0 fully saturated rings. The maximum Gasteiger partial charge on any atom is 0.155 e. The summed E-state index contributed by atoms with van der Waals surface area (Å²) in [6, 6.07) is 8.21. The lowest BCUT2D eigenvalue weighted by Gasteiger charge is -2.16. The van der Waals surface area contributed by atoms with Gasteiger partial charge in [-0.2, -0.15) is 0 Å². The van der Waals surface area contributed by atoms with E-state index in [1.54, 1.807) is 13.8 Å². The molecule has 0 aliphatic carbocycles. The zero-order valence-corrected chi connectivity index (χ0v) is 14.2. The molecule has 1 N–H and O–H groups in total. The SMILES string of the molecule is CCNC(CC)c1ccc(OCCS(=O)(=O)C(C)C)cc1. The molecule has 0 aliphatic heterocycles. The molecule has 0 aromatic heterocycles. The summed E-state index contributed by atoms with van der Waals surface area (Å²) in [5, 5.41) is 3.07. The summed E-state index contributed by atoms with van der Waals surface area (Å²) in [4.78, 5) is 0. The van der Waals surface area contributed by atoms with Crippen molar-refractivity contribution in [1.29, 1.82) is 0 Å². The fourth-order valence-corrected chi connectivity index (χ4v) is 2.84. The molecule has 1 unspecified atom stereocenters. The van der Waals surface area contributed by atoms with Gasteiger partial charge in [0, 0.05) is 6.04 Å². The van der Waals surface area contributed by atoms with Gasteiger partial charge in [-0.1, -0.05) is 26.0 Å². The third-order valence-electron chi connectivity index (χ3n) is 3.50. The minimum Gasteiger partial charge on any atom is -0.493 e. The third-order valence-corrected chi connectivity index (χ3v) is 5.67. The predicted octanol–water partition coefficient (Wildman–Crippen LogP) is 2.95. The Bertz CT molecular complexity index is 509. The number of sulfone groups is 1. The molecule has 21 heavy (non-hydrogen) atoms. The lowest BCUT2D eigenvalue weighted by Crippen LogP contribution is -2.22. The Morgan fingerprint density at radius 3 is 2.24 bits per heavy atom. The predicted molar refractivity (Wildman–Crippen MR) is 87.6 cm³/mol. The second-order valence-corrected chi connectivity index (χ2v) is 8.03. The van der Waals surface area contributed by atoms with Crippen LogP contribution in [-0.2, 0) is 9.84 Å². The zero-order valence-electron chi connectivity index (χ0n) is 13.4. The summed E-state index contributed by atoms with van der Waals surface area (Å²) in [5.74, 6) is 0.769. The molecule has 1 aromatic carbocycles. The van der Waals surface area contributed by atoms with Crippen molar-refractivity contribution in [2.24, 2.45) is 0 Å². The van der Waals surface area contributed by atoms with E-state index in [-0.39, 0.29) is 17.6 Å². The molecule has 120 valence electrons. The first-order valence-corrected chi connectivity index (χ1v) is 9.30. The lowest BCUT2D eigenvalue weighted by atomic mass is 10.0. The van der Waals surface area contributed by atoms with Gasteiger partial charge >= 0.3 is 0 Å². The van der Waals surface area contributed by atoms with Crippen LogP contribution in [0.5, 0.6) is 5.75 Å². The Morgan fingerprint density at radius 1 is 1.14 bits per heavy atom. The third kappa shape index (κ3) is 5.67. The molecule has 0 bridgehead atoms. The molecule has 0 radical (unpaired) electrons. The Hall–Kier alpha value is -1.07. The molecule has 1 atom stereocenters. The van der Waals surface area contributed by atoms with Crippen molar-refractivity contribution in [2.45, 2.75) is 45.4 Å². The van der Waals surface area contributed by atoms with Gasteiger partial charge in [0.1, 0.15) is 12.4 Å². The van der Waals surface area contributed by atoms with E-state index in [0.717, 1.165) is 13.0 Å². The molecule has 5 heteroatoms. The topological polar surface area (TPSA) is 55.4 Å². The van der Waals surface area contributed by atoms with Gasteiger partial charge in [0.25, 0.3) is 0 Å². The standard InChI is InChI=1S/C16H27NO3S/c1-5-16(17-6-2)14-7-9-15(10-8-14)20-11-12-21(18,19)13(3)4/h7-10,13,16-17H,5-6,11-12H2,1-4H3. The Kier molecular flexibility index (Phi) is 7.18. The lowest BCUT2D eigenvalue weighted by molar-refractivity contribution is 0.340. The summed E-state index contributed by atoms with van der Waals surface area (Å²) in [7, 11) is -3.04. The highest BCUT2D eigenvalue weighted by Gasteiger charge is 2.15. The molecular formula is C16H27NO3S. The van der Waals surface area contributed by atoms with E-state index in [1.807, 2.05) is 24.3 Å². The van der Waals surface area contributed by atoms with Crippen molar-refractivity contribution in [3.8, 4) is 5.75 Å². The van der Waals surface area contributed by atoms with Crippen LogP contribution in [0.2, 0.25) is 0 Å². The summed E-state index contributed by atoms with van der Waals surface area (Å²) in [6.45, 7) is 8.75. The van der Waals surface area contributed by atoms with Crippen molar-refractivity contribution in [3.63, 3.8) is 0 Å². The minimum absolute atomic E-state index is 0.0569. The van der Waals surface area contributed by atoms with Crippen LogP contribution in [0.25, 0.3) is 0 Å². The Balaban J connectivity index is 2.55. The summed E-state index contributed by atoms with van der Waals surface area (Å²) >= 11 is 0. The highest BCUT2D eigenvalue weighted by atomic mass is 32.2. The first-order valence-electron chi connectivity index (χ1n) is 7.58. The van der Waals surface area contributed by atoms with Gasteiger partial charge in [0.05, 0.1) is 11.0 Å². The first kappa shape index (κ1) is 18.0. The van der Waals surface area contributed by atoms with E-state index in [1.165, 1.54) is 5.56 Å². The van der Waals surface area contributed by atoms with Crippen LogP contribution in [0.4, 0.5) is 0 Å². The van der Waals surface area contributed by atoms with Crippen LogP contribution in [0.15, 0.2) is 24.3 Å². The number of nitrogens with one attached hydrogen (secondary N) is 1. The molecule has 0 aliphatic rings. The number of benzene rings is 1. The van der Waals surface area contributed by atoms with E-state index in [0.29, 0.717) is 11.8 Å². The maximum atomic E-state index is 11.7. The van der Waals surface area contributed by atoms with E-state index < -0.39 is 9.84 Å². The number of hydrogen-bond donors (Lipinski definition) is 1. The van der Waals surface area contributed by atoms with Crippen molar-refractivity contribution in [1.82, 2.24) is 5.32 Å². The highest BCUT2D eigenvalue weighted by Crippen LogP contribution is 2.20. The Morgan fingerprint density at radius 2 is 1.76 bits per heavy atom. The van der Waals surface area contributed by atoms with E-state index in [4.69, 9.17) is 4.74 Å².